The summed E-state index contributed by atoms with van der Waals surface area (Å²) in [7, 11) is 0. The summed E-state index contributed by atoms with van der Waals surface area (Å²) in [5.41, 5.74) is 1.95. The lowest BCUT2D eigenvalue weighted by molar-refractivity contribution is 0.277. The van der Waals surface area contributed by atoms with Crippen molar-refractivity contribution in [2.45, 2.75) is 6.61 Å². The quantitative estimate of drug-likeness (QED) is 0.441. The minimum atomic E-state index is -0.174. The number of benzene rings is 1. The van der Waals surface area contributed by atoms with Gasteiger partial charge in [-0.15, -0.1) is 0 Å². The highest BCUT2D eigenvalue weighted by Gasteiger charge is 2.03. The minimum Gasteiger partial charge on any atom is -0.411 e. The molecule has 0 unspecified atom stereocenters. The van der Waals surface area contributed by atoms with Gasteiger partial charge in [0.2, 0.25) is 0 Å². The highest BCUT2D eigenvalue weighted by molar-refractivity contribution is 5.88. The Hall–Kier alpha value is -1.94. The van der Waals surface area contributed by atoms with Crippen LogP contribution in [0, 0.1) is 0 Å². The molecule has 1 heterocycles. The van der Waals surface area contributed by atoms with Gasteiger partial charge in [0, 0.05) is 10.9 Å². The summed E-state index contributed by atoms with van der Waals surface area (Å²) >= 11 is 0. The molecule has 0 amide bonds. The van der Waals surface area contributed by atoms with Crippen molar-refractivity contribution in [1.29, 1.82) is 0 Å². The molecule has 0 radical (unpaired) electrons. The van der Waals surface area contributed by atoms with E-state index in [0.717, 1.165) is 10.9 Å². The Kier molecular flexibility index (Phi) is 2.60. The topological polar surface area (TPSA) is 65.7 Å². The van der Waals surface area contributed by atoms with Crippen molar-refractivity contribution in [3.05, 3.63) is 41.6 Å². The zero-order valence-corrected chi connectivity index (χ0v) is 7.96. The van der Waals surface area contributed by atoms with Crippen molar-refractivity contribution >= 4 is 17.1 Å². The number of rotatable bonds is 2. The maximum atomic E-state index is 9.10. The van der Waals surface area contributed by atoms with Gasteiger partial charge >= 0.3 is 0 Å². The van der Waals surface area contributed by atoms with E-state index < -0.39 is 0 Å². The Bertz CT molecular complexity index is 509. The summed E-state index contributed by atoms with van der Waals surface area (Å²) in [5, 5.41) is 21.5. The smallest absolute Gasteiger partial charge is 0.0859 e. The Morgan fingerprint density at radius 3 is 2.87 bits per heavy atom. The predicted molar refractivity (Wildman–Crippen MR) is 57.0 cm³/mol. The molecule has 4 heteroatoms. The van der Waals surface area contributed by atoms with Crippen molar-refractivity contribution in [3.8, 4) is 0 Å². The maximum Gasteiger partial charge on any atom is 0.0859 e. The Labute approximate surface area is 86.5 Å². The molecule has 2 N–H and O–H groups in total. The van der Waals surface area contributed by atoms with Crippen LogP contribution in [0.4, 0.5) is 0 Å². The summed E-state index contributed by atoms with van der Waals surface area (Å²) in [4.78, 5) is 4.26. The molecule has 0 aliphatic rings. The lowest BCUT2D eigenvalue weighted by Gasteiger charge is -2.03. The number of pyridine rings is 1. The van der Waals surface area contributed by atoms with Crippen LogP contribution in [-0.4, -0.2) is 21.5 Å². The van der Waals surface area contributed by atoms with Crippen molar-refractivity contribution in [1.82, 2.24) is 4.98 Å². The Morgan fingerprint density at radius 2 is 2.13 bits per heavy atom. The third kappa shape index (κ3) is 1.80. The predicted octanol–water partition coefficient (Wildman–Crippen LogP) is 1.54. The average Bonchev–Trinajstić information content (AvgIpc) is 2.28. The molecule has 2 rings (SSSR count). The average molecular weight is 202 g/mol. The van der Waals surface area contributed by atoms with Gasteiger partial charge in [0.25, 0.3) is 0 Å². The molecule has 0 saturated carbocycles. The Morgan fingerprint density at radius 1 is 1.33 bits per heavy atom. The normalized spacial score (nSPS) is 11.3. The molecule has 0 aliphatic carbocycles. The third-order valence-corrected chi connectivity index (χ3v) is 2.18. The fourth-order valence-electron chi connectivity index (χ4n) is 1.47. The largest absolute Gasteiger partial charge is 0.411 e. The number of aromatic nitrogens is 1. The van der Waals surface area contributed by atoms with Gasteiger partial charge in [0.05, 0.1) is 24.0 Å². The first-order valence-corrected chi connectivity index (χ1v) is 4.52. The molecule has 1 aromatic carbocycles. The fourth-order valence-corrected chi connectivity index (χ4v) is 1.47. The molecule has 1 aromatic heterocycles. The minimum absolute atomic E-state index is 0.174. The van der Waals surface area contributed by atoms with Crippen molar-refractivity contribution in [2.24, 2.45) is 5.16 Å². The molecular formula is C11H10N2O2. The summed E-state index contributed by atoms with van der Waals surface area (Å²) in [6.07, 6.45) is 1.27. The highest BCUT2D eigenvalue weighted by atomic mass is 16.4. The van der Waals surface area contributed by atoms with Crippen LogP contribution >= 0.6 is 0 Å². The molecule has 0 saturated heterocycles. The molecule has 0 fully saturated rings. The molecule has 2 aromatic rings. The van der Waals surface area contributed by atoms with E-state index in [2.05, 4.69) is 10.1 Å². The Balaban J connectivity index is 2.69. The molecular weight excluding hydrogens is 192 g/mol. The molecule has 0 bridgehead atoms. The van der Waals surface area contributed by atoms with Crippen LogP contribution in [0.5, 0.6) is 0 Å². The number of fused-ring (bicyclic) bond motifs is 1. The van der Waals surface area contributed by atoms with Gasteiger partial charge < -0.3 is 10.3 Å². The van der Waals surface area contributed by atoms with Crippen LogP contribution in [0.1, 0.15) is 11.3 Å². The van der Waals surface area contributed by atoms with Crippen molar-refractivity contribution in [3.63, 3.8) is 0 Å². The fraction of sp³-hybridized carbons (Fsp3) is 0.0909. The molecule has 0 spiro atoms. The van der Waals surface area contributed by atoms with Gasteiger partial charge in [-0.1, -0.05) is 23.4 Å². The number of aliphatic hydroxyl groups excluding tert-OH is 1. The third-order valence-electron chi connectivity index (χ3n) is 2.18. The second-order valence-electron chi connectivity index (χ2n) is 3.12. The first-order valence-electron chi connectivity index (χ1n) is 4.52. The number of aliphatic hydroxyl groups is 1. The van der Waals surface area contributed by atoms with Gasteiger partial charge in [-0.3, -0.25) is 0 Å². The lowest BCUT2D eigenvalue weighted by atomic mass is 10.1. The molecule has 0 aliphatic heterocycles. The number of para-hydroxylation sites is 1. The van der Waals surface area contributed by atoms with E-state index in [1.54, 1.807) is 0 Å². The number of hydrogen-bond donors (Lipinski definition) is 2. The van der Waals surface area contributed by atoms with E-state index in [1.807, 2.05) is 30.3 Å². The van der Waals surface area contributed by atoms with Crippen LogP contribution in [0.2, 0.25) is 0 Å². The van der Waals surface area contributed by atoms with Gasteiger partial charge in [-0.25, -0.2) is 4.98 Å². The van der Waals surface area contributed by atoms with Crippen LogP contribution in [-0.2, 0) is 6.61 Å². The number of oxime groups is 1. The summed E-state index contributed by atoms with van der Waals surface area (Å²) in [5.74, 6) is 0. The standard InChI is InChI=1S/C11H10N2O2/c14-7-11-9(6-12-15)5-8-3-1-2-4-10(8)13-11/h1-6,14-15H,7H2/b12-6+. The van der Waals surface area contributed by atoms with Gasteiger partial charge in [-0.2, -0.15) is 0 Å². The number of nitrogens with zero attached hydrogens (tertiary/aromatic N) is 2. The zero-order chi connectivity index (χ0) is 10.7. The van der Waals surface area contributed by atoms with Crippen LogP contribution in [0.15, 0.2) is 35.5 Å². The van der Waals surface area contributed by atoms with E-state index in [0.29, 0.717) is 11.3 Å². The van der Waals surface area contributed by atoms with Crippen LogP contribution in [0.25, 0.3) is 10.9 Å². The van der Waals surface area contributed by atoms with Crippen molar-refractivity contribution < 1.29 is 10.3 Å². The first-order chi connectivity index (χ1) is 7.35. The van der Waals surface area contributed by atoms with E-state index in [4.69, 9.17) is 10.3 Å². The second-order valence-corrected chi connectivity index (χ2v) is 3.12. The molecule has 0 atom stereocenters. The number of hydrogen-bond acceptors (Lipinski definition) is 4. The molecule has 15 heavy (non-hydrogen) atoms. The van der Waals surface area contributed by atoms with Crippen LogP contribution in [0.3, 0.4) is 0 Å². The van der Waals surface area contributed by atoms with E-state index in [-0.39, 0.29) is 6.61 Å². The molecule has 76 valence electrons. The zero-order valence-electron chi connectivity index (χ0n) is 7.96. The van der Waals surface area contributed by atoms with E-state index >= 15 is 0 Å². The monoisotopic (exact) mass is 202 g/mol. The summed E-state index contributed by atoms with van der Waals surface area (Å²) < 4.78 is 0. The highest BCUT2D eigenvalue weighted by Crippen LogP contribution is 2.15. The first kappa shape index (κ1) is 9.61. The summed E-state index contributed by atoms with van der Waals surface area (Å²) in [6, 6.07) is 9.40. The summed E-state index contributed by atoms with van der Waals surface area (Å²) in [6.45, 7) is -0.174. The van der Waals surface area contributed by atoms with E-state index in [1.165, 1.54) is 6.21 Å². The van der Waals surface area contributed by atoms with Crippen LogP contribution < -0.4 is 0 Å². The van der Waals surface area contributed by atoms with Gasteiger partial charge in [0.1, 0.15) is 0 Å². The molecule has 4 nitrogen and oxygen atoms in total. The maximum absolute atomic E-state index is 9.10. The van der Waals surface area contributed by atoms with Crippen molar-refractivity contribution in [2.75, 3.05) is 0 Å². The van der Waals surface area contributed by atoms with Gasteiger partial charge in [-0.05, 0) is 12.1 Å². The van der Waals surface area contributed by atoms with E-state index in [9.17, 15) is 0 Å². The second kappa shape index (κ2) is 4.06. The SMILES string of the molecule is OCc1nc2ccccc2cc1/C=N/O. The van der Waals surface area contributed by atoms with Gasteiger partial charge in [0.15, 0.2) is 0 Å². The lowest BCUT2D eigenvalue weighted by Crippen LogP contribution is -1.97.